The molecule has 14 heavy (non-hydrogen) atoms. The molecule has 0 saturated heterocycles. The third kappa shape index (κ3) is 5.45. The van der Waals surface area contributed by atoms with Gasteiger partial charge in [0.2, 0.25) is 0 Å². The molecule has 0 atom stereocenters. The van der Waals surface area contributed by atoms with E-state index in [0.717, 1.165) is 0 Å². The van der Waals surface area contributed by atoms with E-state index in [4.69, 9.17) is 17.9 Å². The second kappa shape index (κ2) is 9.28. The first kappa shape index (κ1) is 16.2. The van der Waals surface area contributed by atoms with Gasteiger partial charge in [0, 0.05) is 6.54 Å². The Morgan fingerprint density at radius 1 is 1.57 bits per heavy atom. The maximum absolute atomic E-state index is 11.1. The fourth-order valence-corrected chi connectivity index (χ4v) is 0.915. The summed E-state index contributed by atoms with van der Waals surface area (Å²) < 4.78 is 4.64. The van der Waals surface area contributed by atoms with Crippen molar-refractivity contribution in [1.82, 2.24) is 5.32 Å². The van der Waals surface area contributed by atoms with Gasteiger partial charge in [-0.1, -0.05) is 5.03 Å². The van der Waals surface area contributed by atoms with Crippen molar-refractivity contribution in [2.45, 2.75) is 13.8 Å². The molecule has 0 bridgehead atoms. The Morgan fingerprint density at radius 2 is 2.14 bits per heavy atom. The normalized spacial score (nSPS) is 10.4. The predicted octanol–water partition coefficient (Wildman–Crippen LogP) is -2.55. The van der Waals surface area contributed by atoms with Crippen LogP contribution in [0, 0.1) is 11.3 Å². The van der Waals surface area contributed by atoms with E-state index in [0.29, 0.717) is 6.54 Å². The van der Waals surface area contributed by atoms with Crippen LogP contribution in [0.2, 0.25) is 0 Å². The molecule has 1 N–H and O–H groups in total. The first-order valence-corrected chi connectivity index (χ1v) is 4.30. The molecule has 0 aromatic heterocycles. The maximum Gasteiger partial charge on any atom is 1.00 e. The van der Waals surface area contributed by atoms with E-state index in [1.807, 2.05) is 6.92 Å². The Morgan fingerprint density at radius 3 is 2.50 bits per heavy atom. The summed E-state index contributed by atoms with van der Waals surface area (Å²) in [5.41, 5.74) is -0.140. The fraction of sp³-hybridized carbons (Fsp3) is 0.500. The number of carbonyl (C=O) groups is 1. The molecule has 0 heterocycles. The zero-order chi connectivity index (χ0) is 10.3. The summed E-state index contributed by atoms with van der Waals surface area (Å²) in [6.07, 6.45) is 0. The summed E-state index contributed by atoms with van der Waals surface area (Å²) in [4.78, 5) is 11.1. The molecule has 0 radical (unpaired) electrons. The van der Waals surface area contributed by atoms with Gasteiger partial charge in [-0.05, 0) is 13.8 Å². The van der Waals surface area contributed by atoms with Crippen LogP contribution >= 0.6 is 0 Å². The van der Waals surface area contributed by atoms with Crippen molar-refractivity contribution in [2.75, 3.05) is 13.2 Å². The van der Waals surface area contributed by atoms with Crippen LogP contribution in [-0.4, -0.2) is 19.1 Å². The summed E-state index contributed by atoms with van der Waals surface area (Å²) in [5.74, 6) is -0.670. The van der Waals surface area contributed by atoms with Crippen LogP contribution in [0.25, 0.3) is 0 Å². The van der Waals surface area contributed by atoms with Crippen LogP contribution in [0.4, 0.5) is 0 Å². The van der Waals surface area contributed by atoms with Gasteiger partial charge in [0.1, 0.15) is 11.6 Å². The number of hydrogen-bond donors (Lipinski definition) is 1. The summed E-state index contributed by atoms with van der Waals surface area (Å²) >= 11 is 4.79. The van der Waals surface area contributed by atoms with Crippen molar-refractivity contribution in [3.63, 3.8) is 0 Å². The number of nitrogens with one attached hydrogen (secondary N) is 1. The number of nitriles is 1. The van der Waals surface area contributed by atoms with Crippen molar-refractivity contribution in [2.24, 2.45) is 0 Å². The van der Waals surface area contributed by atoms with E-state index in [2.05, 4.69) is 10.1 Å². The predicted molar refractivity (Wildman–Crippen MR) is 50.3 cm³/mol. The van der Waals surface area contributed by atoms with Gasteiger partial charge >= 0.3 is 35.5 Å². The van der Waals surface area contributed by atoms with Crippen LogP contribution in [0.1, 0.15) is 13.8 Å². The van der Waals surface area contributed by atoms with E-state index in [1.165, 1.54) is 0 Å². The first-order chi connectivity index (χ1) is 6.17. The van der Waals surface area contributed by atoms with Crippen molar-refractivity contribution in [1.29, 1.82) is 5.26 Å². The largest absolute Gasteiger partial charge is 1.00 e. The van der Waals surface area contributed by atoms with Gasteiger partial charge in [-0.2, -0.15) is 5.26 Å². The Labute approximate surface area is 111 Å². The van der Waals surface area contributed by atoms with Gasteiger partial charge in [-0.15, -0.1) is 0 Å². The molecule has 0 aromatic carbocycles. The van der Waals surface area contributed by atoms with E-state index < -0.39 is 5.97 Å². The molecule has 0 saturated carbocycles. The Hall–Kier alpha value is -0.280. The van der Waals surface area contributed by atoms with Crippen molar-refractivity contribution in [3.05, 3.63) is 10.6 Å². The summed E-state index contributed by atoms with van der Waals surface area (Å²) in [6, 6.07) is 1.71. The standard InChI is InChI=1S/C8H12N2O2S.Na/c1-3-10-7(13)6(5-9)8(11)12-4-2;/h10,13H,3-4H2,1-2H3;/q;+1/p-1/b7-6-;. The zero-order valence-electron chi connectivity index (χ0n) is 8.59. The van der Waals surface area contributed by atoms with Gasteiger partial charge in [-0.25, -0.2) is 4.79 Å². The maximum atomic E-state index is 11.1. The number of esters is 1. The molecule has 72 valence electrons. The average molecular weight is 222 g/mol. The van der Waals surface area contributed by atoms with Crippen molar-refractivity contribution in [3.8, 4) is 6.07 Å². The van der Waals surface area contributed by atoms with Crippen molar-refractivity contribution >= 4 is 18.6 Å². The van der Waals surface area contributed by atoms with Gasteiger partial charge < -0.3 is 22.7 Å². The molecule has 0 amide bonds. The van der Waals surface area contributed by atoms with Crippen LogP contribution in [0.15, 0.2) is 10.6 Å². The molecule has 0 unspecified atom stereocenters. The molecule has 0 aliphatic heterocycles. The molecular weight excluding hydrogens is 211 g/mol. The van der Waals surface area contributed by atoms with Gasteiger partial charge in [0.15, 0.2) is 0 Å². The monoisotopic (exact) mass is 222 g/mol. The number of hydrogen-bond acceptors (Lipinski definition) is 5. The second-order valence-corrected chi connectivity index (χ2v) is 2.47. The summed E-state index contributed by atoms with van der Waals surface area (Å²) in [7, 11) is 0. The number of ether oxygens (including phenoxy) is 1. The molecule has 0 fully saturated rings. The van der Waals surface area contributed by atoms with Gasteiger partial charge in [-0.3, -0.25) is 0 Å². The van der Waals surface area contributed by atoms with Crippen LogP contribution in [0.3, 0.4) is 0 Å². The average Bonchev–Trinajstić information content (AvgIpc) is 2.06. The minimum Gasteiger partial charge on any atom is -0.761 e. The first-order valence-electron chi connectivity index (χ1n) is 3.89. The third-order valence-electron chi connectivity index (χ3n) is 1.16. The summed E-state index contributed by atoms with van der Waals surface area (Å²) in [5, 5.41) is 11.5. The Kier molecular flexibility index (Phi) is 10.7. The van der Waals surface area contributed by atoms with Crippen LogP contribution in [-0.2, 0) is 22.2 Å². The molecular formula is C8H11N2NaO2S. The molecule has 0 aliphatic carbocycles. The Bertz CT molecular complexity index is 261. The van der Waals surface area contributed by atoms with E-state index in [1.54, 1.807) is 13.0 Å². The minimum atomic E-state index is -0.670. The molecule has 0 aliphatic rings. The smallest absolute Gasteiger partial charge is 0.761 e. The molecule has 0 aromatic rings. The quantitative estimate of drug-likeness (QED) is 0.186. The third-order valence-corrected chi connectivity index (χ3v) is 1.50. The topological polar surface area (TPSA) is 62.1 Å². The van der Waals surface area contributed by atoms with Crippen LogP contribution < -0.4 is 34.9 Å². The van der Waals surface area contributed by atoms with Crippen LogP contribution in [0.5, 0.6) is 0 Å². The van der Waals surface area contributed by atoms with Crippen molar-refractivity contribution < 1.29 is 39.1 Å². The number of nitrogens with zero attached hydrogens (tertiary/aromatic N) is 1. The van der Waals surface area contributed by atoms with E-state index in [-0.39, 0.29) is 46.8 Å². The molecule has 4 nitrogen and oxygen atoms in total. The molecule has 6 heteroatoms. The number of rotatable bonds is 4. The Balaban J connectivity index is 0. The van der Waals surface area contributed by atoms with Gasteiger partial charge in [0.05, 0.1) is 6.61 Å². The van der Waals surface area contributed by atoms with E-state index in [9.17, 15) is 4.79 Å². The zero-order valence-corrected chi connectivity index (χ0v) is 11.4. The van der Waals surface area contributed by atoms with Gasteiger partial charge in [0.25, 0.3) is 0 Å². The number of carbonyl (C=O) groups excluding carboxylic acids is 1. The fourth-order valence-electron chi connectivity index (χ4n) is 0.641. The minimum absolute atomic E-state index is 0. The van der Waals surface area contributed by atoms with E-state index >= 15 is 0 Å². The molecule has 0 spiro atoms. The SMILES string of the molecule is CCN/C([S-])=C(\C#N)C(=O)OCC.[Na+]. The molecule has 0 rings (SSSR count). The second-order valence-electron chi connectivity index (χ2n) is 2.07. The summed E-state index contributed by atoms with van der Waals surface area (Å²) in [6.45, 7) is 4.30.